The van der Waals surface area contributed by atoms with Gasteiger partial charge >= 0.3 is 0 Å². The van der Waals surface area contributed by atoms with Gasteiger partial charge < -0.3 is 15.1 Å². The van der Waals surface area contributed by atoms with Crippen molar-refractivity contribution in [2.24, 2.45) is 0 Å². The highest BCUT2D eigenvalue weighted by atomic mass is 35.5. The van der Waals surface area contributed by atoms with E-state index in [1.165, 1.54) is 0 Å². The molecule has 0 bridgehead atoms. The minimum Gasteiger partial charge on any atom is -0.463 e. The van der Waals surface area contributed by atoms with Crippen LogP contribution in [0.5, 0.6) is 0 Å². The maximum atomic E-state index is 12.4. The fourth-order valence-corrected chi connectivity index (χ4v) is 2.66. The SMILES string of the molecule is CCCNC(=O)CNC(=O)c1cc(-c2ccco2)n(-c2cccc(Cl)c2)n1. The third kappa shape index (κ3) is 4.57. The summed E-state index contributed by atoms with van der Waals surface area (Å²) in [6, 6.07) is 12.2. The van der Waals surface area contributed by atoms with Gasteiger partial charge in [0.25, 0.3) is 5.91 Å². The number of furan rings is 1. The third-order valence-corrected chi connectivity index (χ3v) is 3.99. The van der Waals surface area contributed by atoms with E-state index in [0.29, 0.717) is 28.7 Å². The van der Waals surface area contributed by atoms with Crippen LogP contribution < -0.4 is 10.6 Å². The summed E-state index contributed by atoms with van der Waals surface area (Å²) in [4.78, 5) is 24.1. The highest BCUT2D eigenvalue weighted by Gasteiger charge is 2.18. The molecule has 0 aliphatic rings. The molecule has 0 radical (unpaired) electrons. The molecule has 2 amide bonds. The Morgan fingerprint density at radius 3 is 2.74 bits per heavy atom. The molecule has 7 nitrogen and oxygen atoms in total. The smallest absolute Gasteiger partial charge is 0.272 e. The van der Waals surface area contributed by atoms with Crippen LogP contribution in [-0.4, -0.2) is 34.7 Å². The van der Waals surface area contributed by atoms with Crippen molar-refractivity contribution in [3.63, 3.8) is 0 Å². The van der Waals surface area contributed by atoms with Crippen LogP contribution >= 0.6 is 11.6 Å². The molecule has 0 unspecified atom stereocenters. The van der Waals surface area contributed by atoms with E-state index in [4.69, 9.17) is 16.0 Å². The molecule has 2 N–H and O–H groups in total. The summed E-state index contributed by atoms with van der Waals surface area (Å²) in [6.45, 7) is 2.41. The van der Waals surface area contributed by atoms with Crippen LogP contribution in [0.1, 0.15) is 23.8 Å². The van der Waals surface area contributed by atoms with Gasteiger partial charge in [0.15, 0.2) is 11.5 Å². The van der Waals surface area contributed by atoms with E-state index in [2.05, 4.69) is 15.7 Å². The summed E-state index contributed by atoms with van der Waals surface area (Å²) < 4.78 is 7.04. The molecule has 0 atom stereocenters. The molecule has 0 aliphatic carbocycles. The zero-order chi connectivity index (χ0) is 19.2. The second-order valence-corrected chi connectivity index (χ2v) is 6.25. The summed E-state index contributed by atoms with van der Waals surface area (Å²) in [5.41, 5.74) is 1.46. The lowest BCUT2D eigenvalue weighted by Gasteiger charge is -2.06. The Labute approximate surface area is 161 Å². The molecule has 1 aromatic carbocycles. The highest BCUT2D eigenvalue weighted by Crippen LogP contribution is 2.25. The lowest BCUT2D eigenvalue weighted by Crippen LogP contribution is -2.37. The van der Waals surface area contributed by atoms with E-state index in [9.17, 15) is 9.59 Å². The zero-order valence-electron chi connectivity index (χ0n) is 14.7. The molecule has 27 heavy (non-hydrogen) atoms. The molecule has 3 aromatic rings. The van der Waals surface area contributed by atoms with Crippen LogP contribution in [0.15, 0.2) is 53.1 Å². The summed E-state index contributed by atoms with van der Waals surface area (Å²) in [5.74, 6) is -0.136. The Morgan fingerprint density at radius 2 is 2.04 bits per heavy atom. The first-order valence-electron chi connectivity index (χ1n) is 8.53. The van der Waals surface area contributed by atoms with Crippen molar-refractivity contribution in [1.82, 2.24) is 20.4 Å². The van der Waals surface area contributed by atoms with Crippen LogP contribution in [-0.2, 0) is 4.79 Å². The summed E-state index contributed by atoms with van der Waals surface area (Å²) >= 11 is 6.08. The first kappa shape index (κ1) is 18.7. The van der Waals surface area contributed by atoms with E-state index in [1.807, 2.05) is 13.0 Å². The molecule has 8 heteroatoms. The second-order valence-electron chi connectivity index (χ2n) is 5.82. The van der Waals surface area contributed by atoms with Crippen molar-refractivity contribution in [2.45, 2.75) is 13.3 Å². The molecule has 2 aromatic heterocycles. The van der Waals surface area contributed by atoms with Crippen molar-refractivity contribution in [3.8, 4) is 17.1 Å². The van der Waals surface area contributed by atoms with E-state index in [-0.39, 0.29) is 18.1 Å². The number of benzene rings is 1. The number of hydrogen-bond acceptors (Lipinski definition) is 4. The average molecular weight is 387 g/mol. The third-order valence-electron chi connectivity index (χ3n) is 3.75. The summed E-state index contributed by atoms with van der Waals surface area (Å²) in [6.07, 6.45) is 2.37. The lowest BCUT2D eigenvalue weighted by molar-refractivity contribution is -0.120. The number of nitrogens with one attached hydrogen (secondary N) is 2. The van der Waals surface area contributed by atoms with Gasteiger partial charge in [-0.1, -0.05) is 24.6 Å². The molecule has 0 saturated carbocycles. The maximum Gasteiger partial charge on any atom is 0.272 e. The van der Waals surface area contributed by atoms with Crippen molar-refractivity contribution < 1.29 is 14.0 Å². The van der Waals surface area contributed by atoms with E-state index in [1.54, 1.807) is 47.3 Å². The van der Waals surface area contributed by atoms with Gasteiger partial charge in [-0.25, -0.2) is 4.68 Å². The first-order valence-corrected chi connectivity index (χ1v) is 8.91. The number of hydrogen-bond donors (Lipinski definition) is 2. The molecule has 0 spiro atoms. The molecule has 140 valence electrons. The fraction of sp³-hybridized carbons (Fsp3) is 0.211. The Balaban J connectivity index is 1.86. The van der Waals surface area contributed by atoms with Gasteiger partial charge in [-0.15, -0.1) is 0 Å². The molecule has 2 heterocycles. The lowest BCUT2D eigenvalue weighted by atomic mass is 10.2. The number of amides is 2. The monoisotopic (exact) mass is 386 g/mol. The number of carbonyl (C=O) groups excluding carboxylic acids is 2. The molecular formula is C19H19ClN4O3. The second kappa shape index (κ2) is 8.55. The molecule has 3 rings (SSSR count). The van der Waals surface area contributed by atoms with Gasteiger partial charge in [0.2, 0.25) is 5.91 Å². The van der Waals surface area contributed by atoms with Crippen molar-refractivity contribution in [2.75, 3.05) is 13.1 Å². The van der Waals surface area contributed by atoms with Gasteiger partial charge in [-0.3, -0.25) is 9.59 Å². The van der Waals surface area contributed by atoms with Gasteiger partial charge in [0.05, 0.1) is 18.5 Å². The number of rotatable bonds is 7. The quantitative estimate of drug-likeness (QED) is 0.653. The number of carbonyl (C=O) groups is 2. The number of nitrogens with zero attached hydrogens (tertiary/aromatic N) is 2. The Hall–Kier alpha value is -3.06. The van der Waals surface area contributed by atoms with Crippen LogP contribution in [0.4, 0.5) is 0 Å². The standard InChI is InChI=1S/C19H19ClN4O3/c1-2-8-21-18(25)12-22-19(26)15-11-16(17-7-4-9-27-17)24(23-15)14-6-3-5-13(20)10-14/h3-7,9-11H,2,8,12H2,1H3,(H,21,25)(H,22,26). The van der Waals surface area contributed by atoms with Gasteiger partial charge in [0.1, 0.15) is 5.69 Å². The summed E-state index contributed by atoms with van der Waals surface area (Å²) in [7, 11) is 0. The van der Waals surface area contributed by atoms with Gasteiger partial charge in [-0.05, 0) is 36.8 Å². The van der Waals surface area contributed by atoms with Crippen LogP contribution in [0.25, 0.3) is 17.1 Å². The minimum absolute atomic E-state index is 0.112. The topological polar surface area (TPSA) is 89.2 Å². The molecular weight excluding hydrogens is 368 g/mol. The van der Waals surface area contributed by atoms with Gasteiger partial charge in [-0.2, -0.15) is 5.10 Å². The van der Waals surface area contributed by atoms with Crippen LogP contribution in [0, 0.1) is 0 Å². The fourth-order valence-electron chi connectivity index (χ4n) is 2.47. The summed E-state index contributed by atoms with van der Waals surface area (Å²) in [5, 5.41) is 10.2. The normalized spacial score (nSPS) is 10.6. The van der Waals surface area contributed by atoms with Crippen LogP contribution in [0.2, 0.25) is 5.02 Å². The molecule has 0 saturated heterocycles. The zero-order valence-corrected chi connectivity index (χ0v) is 15.5. The van der Waals surface area contributed by atoms with Crippen molar-refractivity contribution in [1.29, 1.82) is 0 Å². The predicted molar refractivity (Wildman–Crippen MR) is 102 cm³/mol. The Morgan fingerprint density at radius 1 is 1.19 bits per heavy atom. The minimum atomic E-state index is -0.449. The Kier molecular flexibility index (Phi) is 5.93. The predicted octanol–water partition coefficient (Wildman–Crippen LogP) is 3.04. The van der Waals surface area contributed by atoms with E-state index in [0.717, 1.165) is 6.42 Å². The van der Waals surface area contributed by atoms with Crippen molar-refractivity contribution in [3.05, 3.63) is 59.4 Å². The first-order chi connectivity index (χ1) is 13.1. The van der Waals surface area contributed by atoms with Gasteiger partial charge in [0, 0.05) is 17.6 Å². The Bertz CT molecular complexity index is 934. The largest absolute Gasteiger partial charge is 0.463 e. The highest BCUT2D eigenvalue weighted by molar-refractivity contribution is 6.30. The average Bonchev–Trinajstić information content (AvgIpc) is 3.33. The van der Waals surface area contributed by atoms with E-state index < -0.39 is 5.91 Å². The molecule has 0 fully saturated rings. The van der Waals surface area contributed by atoms with E-state index >= 15 is 0 Å². The maximum absolute atomic E-state index is 12.4. The van der Waals surface area contributed by atoms with Crippen molar-refractivity contribution >= 4 is 23.4 Å². The molecule has 0 aliphatic heterocycles. The van der Waals surface area contributed by atoms with Crippen LogP contribution in [0.3, 0.4) is 0 Å². The number of aromatic nitrogens is 2. The number of halogens is 1.